The van der Waals surface area contributed by atoms with Crippen LogP contribution in [0.2, 0.25) is 0 Å². The standard InChI is InChI=1S/C9H14N4OS/c10-3-4-15-6-8-2-1-7(5-12-8)9(14)13-11/h1-2,5H,3-4,6,10-11H2,(H,13,14). The highest BCUT2D eigenvalue weighted by atomic mass is 32.2. The molecule has 5 nitrogen and oxygen atoms in total. The molecular formula is C9H14N4OS. The van der Waals surface area contributed by atoms with Crippen molar-refractivity contribution in [3.8, 4) is 0 Å². The topological polar surface area (TPSA) is 94.0 Å². The molecule has 0 saturated heterocycles. The summed E-state index contributed by atoms with van der Waals surface area (Å²) >= 11 is 1.71. The van der Waals surface area contributed by atoms with Gasteiger partial charge in [0.1, 0.15) is 0 Å². The van der Waals surface area contributed by atoms with Gasteiger partial charge in [-0.1, -0.05) is 0 Å². The lowest BCUT2D eigenvalue weighted by Gasteiger charge is -2.01. The van der Waals surface area contributed by atoms with Gasteiger partial charge in [0.05, 0.1) is 11.3 Å². The summed E-state index contributed by atoms with van der Waals surface area (Å²) in [6.45, 7) is 0.665. The Labute approximate surface area is 92.6 Å². The van der Waals surface area contributed by atoms with E-state index in [4.69, 9.17) is 11.6 Å². The molecular weight excluding hydrogens is 212 g/mol. The number of carbonyl (C=O) groups excluding carboxylic acids is 1. The van der Waals surface area contributed by atoms with E-state index >= 15 is 0 Å². The molecule has 0 atom stereocenters. The first-order valence-corrected chi connectivity index (χ1v) is 5.67. The molecule has 0 unspecified atom stereocenters. The van der Waals surface area contributed by atoms with E-state index in [-0.39, 0.29) is 5.91 Å². The summed E-state index contributed by atoms with van der Waals surface area (Å²) in [4.78, 5) is 15.2. The van der Waals surface area contributed by atoms with Crippen molar-refractivity contribution >= 4 is 17.7 Å². The first-order valence-electron chi connectivity index (χ1n) is 4.51. The second kappa shape index (κ2) is 6.39. The predicted octanol–water partition coefficient (Wildman–Crippen LogP) is -0.123. The molecule has 15 heavy (non-hydrogen) atoms. The van der Waals surface area contributed by atoms with Crippen molar-refractivity contribution in [1.29, 1.82) is 0 Å². The Bertz CT molecular complexity index is 314. The minimum atomic E-state index is -0.330. The number of pyridine rings is 1. The molecule has 6 heteroatoms. The first-order chi connectivity index (χ1) is 7.27. The number of carbonyl (C=O) groups is 1. The van der Waals surface area contributed by atoms with Crippen molar-refractivity contribution in [2.45, 2.75) is 5.75 Å². The quantitative estimate of drug-likeness (QED) is 0.281. The Morgan fingerprint density at radius 2 is 2.33 bits per heavy atom. The summed E-state index contributed by atoms with van der Waals surface area (Å²) in [6, 6.07) is 3.52. The lowest BCUT2D eigenvalue weighted by molar-refractivity contribution is 0.0953. The number of nitrogen functional groups attached to an aromatic ring is 1. The molecule has 1 aromatic rings. The van der Waals surface area contributed by atoms with Crippen molar-refractivity contribution in [3.05, 3.63) is 29.6 Å². The van der Waals surface area contributed by atoms with Gasteiger partial charge in [0, 0.05) is 24.2 Å². The molecule has 1 heterocycles. The van der Waals surface area contributed by atoms with Crippen LogP contribution in [0, 0.1) is 0 Å². The first kappa shape index (κ1) is 12.0. The molecule has 0 fully saturated rings. The molecule has 1 aromatic heterocycles. The third kappa shape index (κ3) is 3.86. The number of hydrogen-bond donors (Lipinski definition) is 3. The lowest BCUT2D eigenvalue weighted by atomic mass is 10.2. The van der Waals surface area contributed by atoms with Crippen LogP contribution in [0.4, 0.5) is 0 Å². The van der Waals surface area contributed by atoms with E-state index in [1.54, 1.807) is 17.8 Å². The molecule has 0 radical (unpaired) electrons. The van der Waals surface area contributed by atoms with Gasteiger partial charge in [0.2, 0.25) is 0 Å². The van der Waals surface area contributed by atoms with Crippen LogP contribution < -0.4 is 17.0 Å². The predicted molar refractivity (Wildman–Crippen MR) is 61.1 cm³/mol. The Kier molecular flexibility index (Phi) is 5.09. The largest absolute Gasteiger partial charge is 0.330 e. The summed E-state index contributed by atoms with van der Waals surface area (Å²) in [5, 5.41) is 0. The molecule has 0 spiro atoms. The Hall–Kier alpha value is -1.11. The van der Waals surface area contributed by atoms with Crippen LogP contribution in [0.1, 0.15) is 16.1 Å². The molecule has 0 bridgehead atoms. The van der Waals surface area contributed by atoms with E-state index in [2.05, 4.69) is 10.4 Å². The summed E-state index contributed by atoms with van der Waals surface area (Å²) in [5.41, 5.74) is 8.81. The van der Waals surface area contributed by atoms with Crippen LogP contribution in [-0.4, -0.2) is 23.2 Å². The van der Waals surface area contributed by atoms with Crippen molar-refractivity contribution in [3.63, 3.8) is 0 Å². The highest BCUT2D eigenvalue weighted by molar-refractivity contribution is 7.98. The zero-order valence-electron chi connectivity index (χ0n) is 8.27. The highest BCUT2D eigenvalue weighted by Gasteiger charge is 2.03. The third-order valence-electron chi connectivity index (χ3n) is 1.73. The molecule has 1 amide bonds. The maximum Gasteiger partial charge on any atom is 0.266 e. The van der Waals surface area contributed by atoms with E-state index in [0.29, 0.717) is 12.1 Å². The average molecular weight is 226 g/mol. The van der Waals surface area contributed by atoms with Crippen LogP contribution >= 0.6 is 11.8 Å². The van der Waals surface area contributed by atoms with Gasteiger partial charge in [0.15, 0.2) is 0 Å². The van der Waals surface area contributed by atoms with Gasteiger partial charge in [0.25, 0.3) is 5.91 Å². The van der Waals surface area contributed by atoms with Crippen LogP contribution in [0.15, 0.2) is 18.3 Å². The van der Waals surface area contributed by atoms with Crippen molar-refractivity contribution in [2.75, 3.05) is 12.3 Å². The molecule has 0 saturated carbocycles. The van der Waals surface area contributed by atoms with E-state index in [1.807, 2.05) is 6.07 Å². The number of hydrogen-bond acceptors (Lipinski definition) is 5. The second-order valence-electron chi connectivity index (χ2n) is 2.85. The Morgan fingerprint density at radius 1 is 1.53 bits per heavy atom. The van der Waals surface area contributed by atoms with Crippen molar-refractivity contribution < 1.29 is 4.79 Å². The van der Waals surface area contributed by atoms with E-state index in [0.717, 1.165) is 17.2 Å². The summed E-state index contributed by atoms with van der Waals surface area (Å²) in [6.07, 6.45) is 1.51. The van der Waals surface area contributed by atoms with Gasteiger partial charge in [-0.15, -0.1) is 0 Å². The molecule has 0 aromatic carbocycles. The number of nitrogens with one attached hydrogen (secondary N) is 1. The lowest BCUT2D eigenvalue weighted by Crippen LogP contribution is -2.30. The Balaban J connectivity index is 2.52. The minimum Gasteiger partial charge on any atom is -0.330 e. The van der Waals surface area contributed by atoms with Gasteiger partial charge in [-0.25, -0.2) is 5.84 Å². The molecule has 0 aliphatic carbocycles. The molecule has 0 aliphatic heterocycles. The number of nitrogens with two attached hydrogens (primary N) is 2. The van der Waals surface area contributed by atoms with E-state index in [1.165, 1.54) is 6.20 Å². The highest BCUT2D eigenvalue weighted by Crippen LogP contribution is 2.09. The van der Waals surface area contributed by atoms with E-state index < -0.39 is 0 Å². The molecule has 1 rings (SSSR count). The fourth-order valence-electron chi connectivity index (χ4n) is 0.988. The van der Waals surface area contributed by atoms with Gasteiger partial charge in [-0.3, -0.25) is 15.2 Å². The summed E-state index contributed by atoms with van der Waals surface area (Å²) in [5.74, 6) is 6.38. The maximum absolute atomic E-state index is 11.1. The number of nitrogens with zero attached hydrogens (tertiary/aromatic N) is 1. The number of rotatable bonds is 5. The van der Waals surface area contributed by atoms with Gasteiger partial charge >= 0.3 is 0 Å². The van der Waals surface area contributed by atoms with Gasteiger partial charge < -0.3 is 5.73 Å². The summed E-state index contributed by atoms with van der Waals surface area (Å²) in [7, 11) is 0. The van der Waals surface area contributed by atoms with Gasteiger partial charge in [-0.05, 0) is 12.1 Å². The SMILES string of the molecule is NCCSCc1ccc(C(=O)NN)cn1. The molecule has 5 N–H and O–H groups in total. The van der Waals surface area contributed by atoms with Crippen LogP contribution in [0.5, 0.6) is 0 Å². The average Bonchev–Trinajstić information content (AvgIpc) is 2.29. The third-order valence-corrected chi connectivity index (χ3v) is 2.75. The number of amides is 1. The monoisotopic (exact) mass is 226 g/mol. The fraction of sp³-hybridized carbons (Fsp3) is 0.333. The normalized spacial score (nSPS) is 10.0. The second-order valence-corrected chi connectivity index (χ2v) is 3.96. The number of thioether (sulfide) groups is 1. The maximum atomic E-state index is 11.1. The zero-order chi connectivity index (χ0) is 11.1. The smallest absolute Gasteiger partial charge is 0.266 e. The molecule has 0 aliphatic rings. The van der Waals surface area contributed by atoms with Crippen LogP contribution in [0.25, 0.3) is 0 Å². The Morgan fingerprint density at radius 3 is 2.87 bits per heavy atom. The number of aromatic nitrogens is 1. The fourth-order valence-corrected chi connectivity index (χ4v) is 1.68. The van der Waals surface area contributed by atoms with Crippen molar-refractivity contribution in [2.24, 2.45) is 11.6 Å². The summed E-state index contributed by atoms with van der Waals surface area (Å²) < 4.78 is 0. The van der Waals surface area contributed by atoms with Gasteiger partial charge in [-0.2, -0.15) is 11.8 Å². The van der Waals surface area contributed by atoms with Crippen LogP contribution in [-0.2, 0) is 5.75 Å². The zero-order valence-corrected chi connectivity index (χ0v) is 9.09. The number of hydrazine groups is 1. The van der Waals surface area contributed by atoms with E-state index in [9.17, 15) is 4.79 Å². The van der Waals surface area contributed by atoms with Crippen molar-refractivity contribution in [1.82, 2.24) is 10.4 Å². The van der Waals surface area contributed by atoms with Crippen LogP contribution in [0.3, 0.4) is 0 Å². The molecule has 82 valence electrons. The minimum absolute atomic E-state index is 0.330.